The zero-order chi connectivity index (χ0) is 16.2. The predicted molar refractivity (Wildman–Crippen MR) is 87.8 cm³/mol. The normalized spacial score (nSPS) is 13.5. The third-order valence-corrected chi connectivity index (χ3v) is 5.57. The summed E-state index contributed by atoms with van der Waals surface area (Å²) >= 11 is 1.58. The molecule has 1 N–H and O–H groups in total. The van der Waals surface area contributed by atoms with E-state index in [1.54, 1.807) is 17.4 Å². The number of benzene rings is 1. The molecule has 0 saturated carbocycles. The van der Waals surface area contributed by atoms with Crippen molar-refractivity contribution in [2.45, 2.75) is 11.8 Å². The van der Waals surface area contributed by atoms with Crippen molar-refractivity contribution in [2.24, 2.45) is 0 Å². The molecular formula is C15H19FN2O2S2. The molecule has 0 radical (unpaired) electrons. The molecule has 0 saturated heterocycles. The van der Waals surface area contributed by atoms with Gasteiger partial charge in [-0.15, -0.1) is 11.3 Å². The summed E-state index contributed by atoms with van der Waals surface area (Å²) in [4.78, 5) is 3.04. The highest BCUT2D eigenvalue weighted by Crippen LogP contribution is 2.22. The van der Waals surface area contributed by atoms with Crippen LogP contribution in [0.3, 0.4) is 0 Å². The first-order valence-electron chi connectivity index (χ1n) is 6.79. The molecule has 0 aliphatic carbocycles. The van der Waals surface area contributed by atoms with E-state index in [-0.39, 0.29) is 23.9 Å². The number of hydrogen-bond donors (Lipinski definition) is 1. The van der Waals surface area contributed by atoms with Gasteiger partial charge in [0.25, 0.3) is 0 Å². The minimum atomic E-state index is -3.59. The zero-order valence-corrected chi connectivity index (χ0v) is 14.1. The number of nitrogens with zero attached hydrogens (tertiary/aromatic N) is 1. The second kappa shape index (κ2) is 7.32. The highest BCUT2D eigenvalue weighted by molar-refractivity contribution is 7.88. The SMILES string of the molecule is CN(C)[C@@H](CNS(=O)(=O)Cc1ccccc1F)c1cccs1. The molecule has 0 bridgehead atoms. The van der Waals surface area contributed by atoms with E-state index in [1.165, 1.54) is 18.2 Å². The van der Waals surface area contributed by atoms with Crippen molar-refractivity contribution in [3.8, 4) is 0 Å². The van der Waals surface area contributed by atoms with Crippen LogP contribution in [0, 0.1) is 5.82 Å². The first-order chi connectivity index (χ1) is 10.4. The average molecular weight is 342 g/mol. The maximum atomic E-state index is 13.6. The van der Waals surface area contributed by atoms with Gasteiger partial charge in [0.2, 0.25) is 10.0 Å². The monoisotopic (exact) mass is 342 g/mol. The Morgan fingerprint density at radius 2 is 1.95 bits per heavy atom. The van der Waals surface area contributed by atoms with Crippen molar-refractivity contribution in [1.29, 1.82) is 0 Å². The molecule has 0 unspecified atom stereocenters. The molecule has 120 valence electrons. The van der Waals surface area contributed by atoms with E-state index in [4.69, 9.17) is 0 Å². The second-order valence-electron chi connectivity index (χ2n) is 5.19. The smallest absolute Gasteiger partial charge is 0.215 e. The topological polar surface area (TPSA) is 49.4 Å². The van der Waals surface area contributed by atoms with E-state index in [9.17, 15) is 12.8 Å². The van der Waals surface area contributed by atoms with E-state index in [2.05, 4.69) is 4.72 Å². The van der Waals surface area contributed by atoms with Gasteiger partial charge in [0.1, 0.15) is 5.82 Å². The van der Waals surface area contributed by atoms with Gasteiger partial charge in [0.15, 0.2) is 0 Å². The van der Waals surface area contributed by atoms with Crippen LogP contribution >= 0.6 is 11.3 Å². The molecule has 1 aromatic carbocycles. The molecule has 0 aliphatic heterocycles. The lowest BCUT2D eigenvalue weighted by Crippen LogP contribution is -2.34. The fraction of sp³-hybridized carbons (Fsp3) is 0.333. The Morgan fingerprint density at radius 3 is 2.55 bits per heavy atom. The van der Waals surface area contributed by atoms with E-state index in [0.717, 1.165) is 4.88 Å². The molecular weight excluding hydrogens is 323 g/mol. The maximum absolute atomic E-state index is 13.6. The molecule has 1 aromatic heterocycles. The summed E-state index contributed by atoms with van der Waals surface area (Å²) in [5, 5.41) is 1.96. The number of likely N-dealkylation sites (N-methyl/N-ethyl adjacent to an activating group) is 1. The summed E-state index contributed by atoms with van der Waals surface area (Å²) in [5.41, 5.74) is 0.174. The van der Waals surface area contributed by atoms with Crippen molar-refractivity contribution in [1.82, 2.24) is 9.62 Å². The minimum absolute atomic E-state index is 0.0459. The van der Waals surface area contributed by atoms with Gasteiger partial charge in [-0.2, -0.15) is 0 Å². The lowest BCUT2D eigenvalue weighted by atomic mass is 10.2. The molecule has 4 nitrogen and oxygen atoms in total. The lowest BCUT2D eigenvalue weighted by molar-refractivity contribution is 0.303. The van der Waals surface area contributed by atoms with Crippen LogP contribution in [0.25, 0.3) is 0 Å². The molecule has 1 heterocycles. The first kappa shape index (κ1) is 17.1. The molecule has 0 aliphatic rings. The molecule has 0 spiro atoms. The summed E-state index contributed by atoms with van der Waals surface area (Å²) < 4.78 is 40.5. The van der Waals surface area contributed by atoms with Gasteiger partial charge >= 0.3 is 0 Å². The van der Waals surface area contributed by atoms with Crippen LogP contribution in [-0.4, -0.2) is 34.0 Å². The quantitative estimate of drug-likeness (QED) is 0.841. The summed E-state index contributed by atoms with van der Waals surface area (Å²) in [6.45, 7) is 0.254. The van der Waals surface area contributed by atoms with Crippen LogP contribution < -0.4 is 4.72 Å². The highest BCUT2D eigenvalue weighted by Gasteiger charge is 2.20. The number of sulfonamides is 1. The molecule has 2 rings (SSSR count). The van der Waals surface area contributed by atoms with Gasteiger partial charge in [-0.1, -0.05) is 24.3 Å². The Balaban J connectivity index is 2.04. The van der Waals surface area contributed by atoms with Crippen LogP contribution in [0.15, 0.2) is 41.8 Å². The largest absolute Gasteiger partial charge is 0.300 e. The number of thiophene rings is 1. The zero-order valence-electron chi connectivity index (χ0n) is 12.5. The van der Waals surface area contributed by atoms with Gasteiger partial charge in [-0.3, -0.25) is 0 Å². The van der Waals surface area contributed by atoms with Crippen LogP contribution in [0.5, 0.6) is 0 Å². The van der Waals surface area contributed by atoms with E-state index in [0.29, 0.717) is 0 Å². The number of hydrogen-bond acceptors (Lipinski definition) is 4. The van der Waals surface area contributed by atoms with Crippen LogP contribution in [0.2, 0.25) is 0 Å². The standard InChI is InChI=1S/C15H19FN2O2S2/c1-18(2)14(15-8-5-9-21-15)10-17-22(19,20)11-12-6-3-4-7-13(12)16/h3-9,14,17H,10-11H2,1-2H3/t14-/m0/s1. The molecule has 7 heteroatoms. The summed E-state index contributed by atoms with van der Waals surface area (Å²) in [6.07, 6.45) is 0. The molecule has 22 heavy (non-hydrogen) atoms. The van der Waals surface area contributed by atoms with Crippen LogP contribution in [0.1, 0.15) is 16.5 Å². The fourth-order valence-electron chi connectivity index (χ4n) is 2.10. The van der Waals surface area contributed by atoms with Crippen molar-refractivity contribution in [2.75, 3.05) is 20.6 Å². The maximum Gasteiger partial charge on any atom is 0.215 e. The number of rotatable bonds is 7. The van der Waals surface area contributed by atoms with Crippen LogP contribution in [-0.2, 0) is 15.8 Å². The van der Waals surface area contributed by atoms with Gasteiger partial charge in [0.05, 0.1) is 11.8 Å². The number of halogens is 1. The fourth-order valence-corrected chi connectivity index (χ4v) is 4.18. The van der Waals surface area contributed by atoms with Gasteiger partial charge in [-0.05, 0) is 31.6 Å². The van der Waals surface area contributed by atoms with Gasteiger partial charge in [-0.25, -0.2) is 17.5 Å². The Hall–Kier alpha value is -1.28. The molecule has 1 atom stereocenters. The first-order valence-corrected chi connectivity index (χ1v) is 9.33. The van der Waals surface area contributed by atoms with Crippen molar-refractivity contribution < 1.29 is 12.8 Å². The summed E-state index contributed by atoms with van der Waals surface area (Å²) in [6, 6.07) is 9.77. The Labute approximate surface area is 134 Å². The lowest BCUT2D eigenvalue weighted by Gasteiger charge is -2.23. The Bertz CT molecular complexity index is 700. The van der Waals surface area contributed by atoms with E-state index < -0.39 is 15.8 Å². The highest BCUT2D eigenvalue weighted by atomic mass is 32.2. The third-order valence-electron chi connectivity index (χ3n) is 3.29. The molecule has 0 amide bonds. The Morgan fingerprint density at radius 1 is 1.23 bits per heavy atom. The molecule has 2 aromatic rings. The Kier molecular flexibility index (Phi) is 5.69. The average Bonchev–Trinajstić information content (AvgIpc) is 2.95. The second-order valence-corrected chi connectivity index (χ2v) is 7.98. The van der Waals surface area contributed by atoms with Gasteiger partial charge in [0, 0.05) is 17.0 Å². The summed E-state index contributed by atoms with van der Waals surface area (Å²) in [7, 11) is 0.208. The van der Waals surface area contributed by atoms with Crippen molar-refractivity contribution >= 4 is 21.4 Å². The van der Waals surface area contributed by atoms with E-state index in [1.807, 2.05) is 36.5 Å². The summed E-state index contributed by atoms with van der Waals surface area (Å²) in [5.74, 6) is -0.861. The third kappa shape index (κ3) is 4.61. The number of nitrogens with one attached hydrogen (secondary N) is 1. The van der Waals surface area contributed by atoms with Gasteiger partial charge < -0.3 is 4.90 Å². The van der Waals surface area contributed by atoms with Crippen molar-refractivity contribution in [3.05, 3.63) is 58.0 Å². The van der Waals surface area contributed by atoms with Crippen molar-refractivity contribution in [3.63, 3.8) is 0 Å². The molecule has 0 fully saturated rings. The minimum Gasteiger partial charge on any atom is -0.300 e. The predicted octanol–water partition coefficient (Wildman–Crippen LogP) is 2.61. The van der Waals surface area contributed by atoms with E-state index >= 15 is 0 Å². The van der Waals surface area contributed by atoms with Crippen LogP contribution in [0.4, 0.5) is 4.39 Å².